The molecule has 24 heavy (non-hydrogen) atoms. The zero-order valence-electron chi connectivity index (χ0n) is 13.4. The summed E-state index contributed by atoms with van der Waals surface area (Å²) in [4.78, 5) is 26.0. The van der Waals surface area contributed by atoms with E-state index in [1.165, 1.54) is 29.1 Å². The van der Waals surface area contributed by atoms with E-state index in [2.05, 4.69) is 4.98 Å². The van der Waals surface area contributed by atoms with E-state index in [-0.39, 0.29) is 18.0 Å². The van der Waals surface area contributed by atoms with Gasteiger partial charge in [0.1, 0.15) is 0 Å². The lowest BCUT2D eigenvalue weighted by Crippen LogP contribution is -2.17. The summed E-state index contributed by atoms with van der Waals surface area (Å²) in [6.07, 6.45) is 2.72. The number of rotatable bonds is 7. The van der Waals surface area contributed by atoms with Crippen molar-refractivity contribution in [2.24, 2.45) is 0 Å². The molecule has 1 atom stereocenters. The molecule has 7 nitrogen and oxygen atoms in total. The number of nitro benzene ring substituents is 1. The Balaban J connectivity index is 2.30. The van der Waals surface area contributed by atoms with Gasteiger partial charge in [-0.2, -0.15) is 4.39 Å². The fourth-order valence-corrected chi connectivity index (χ4v) is 2.26. The van der Waals surface area contributed by atoms with E-state index in [0.717, 1.165) is 6.42 Å². The molecule has 0 radical (unpaired) electrons. The second-order valence-electron chi connectivity index (χ2n) is 5.31. The molecule has 1 aromatic heterocycles. The maximum absolute atomic E-state index is 13.9. The zero-order valence-corrected chi connectivity index (χ0v) is 13.4. The quantitative estimate of drug-likeness (QED) is 0.334. The molecule has 128 valence electrons. The second-order valence-corrected chi connectivity index (χ2v) is 5.31. The molecule has 0 fully saturated rings. The normalized spacial score (nSPS) is 12.0. The molecule has 0 amide bonds. The van der Waals surface area contributed by atoms with Crippen molar-refractivity contribution in [1.82, 2.24) is 9.55 Å². The molecule has 0 aliphatic rings. The highest BCUT2D eigenvalue weighted by molar-refractivity contribution is 5.87. The first-order valence-electron chi connectivity index (χ1n) is 7.59. The van der Waals surface area contributed by atoms with Crippen molar-refractivity contribution in [3.05, 3.63) is 57.9 Å². The Morgan fingerprint density at radius 2 is 2.25 bits per heavy atom. The maximum atomic E-state index is 13.9. The van der Waals surface area contributed by atoms with Crippen LogP contribution in [0.1, 0.15) is 48.8 Å². The number of non-ortho nitro benzene ring substituents is 1. The minimum atomic E-state index is -0.922. The first-order chi connectivity index (χ1) is 11.5. The van der Waals surface area contributed by atoms with Gasteiger partial charge in [-0.15, -0.1) is 0 Å². The van der Waals surface area contributed by atoms with E-state index >= 15 is 0 Å². The van der Waals surface area contributed by atoms with Gasteiger partial charge in [0.25, 0.3) is 5.69 Å². The molecule has 0 aliphatic carbocycles. The molecule has 0 bridgehead atoms. The number of imidazole rings is 1. The first-order valence-corrected chi connectivity index (χ1v) is 7.59. The molecule has 0 N–H and O–H groups in total. The third kappa shape index (κ3) is 3.76. The van der Waals surface area contributed by atoms with E-state index in [4.69, 9.17) is 4.74 Å². The number of benzene rings is 1. The lowest BCUT2D eigenvalue weighted by Gasteiger charge is -2.16. The van der Waals surface area contributed by atoms with Crippen LogP contribution in [-0.4, -0.2) is 27.1 Å². The molecule has 1 heterocycles. The van der Waals surface area contributed by atoms with Gasteiger partial charge >= 0.3 is 5.97 Å². The van der Waals surface area contributed by atoms with Crippen LogP contribution in [0.4, 0.5) is 10.1 Å². The summed E-state index contributed by atoms with van der Waals surface area (Å²) in [6, 6.07) is 5.44. The topological polar surface area (TPSA) is 87.3 Å². The van der Waals surface area contributed by atoms with Crippen LogP contribution >= 0.6 is 0 Å². The van der Waals surface area contributed by atoms with Gasteiger partial charge in [0, 0.05) is 12.1 Å². The fourth-order valence-electron chi connectivity index (χ4n) is 2.26. The Morgan fingerprint density at radius 1 is 1.50 bits per heavy atom. The SMILES string of the molecule is CCCCOC(=O)c1c(F)ncn1[C@H](C)c1cccc([N+](=O)[O-])c1. The summed E-state index contributed by atoms with van der Waals surface area (Å²) in [5, 5.41) is 10.9. The second kappa shape index (κ2) is 7.67. The minimum absolute atomic E-state index is 0.0768. The third-order valence-corrected chi connectivity index (χ3v) is 3.65. The number of nitro groups is 1. The van der Waals surface area contributed by atoms with Crippen molar-refractivity contribution >= 4 is 11.7 Å². The largest absolute Gasteiger partial charge is 0.461 e. The average molecular weight is 335 g/mol. The number of unbranched alkanes of at least 4 members (excludes halogenated alkanes) is 1. The van der Waals surface area contributed by atoms with Gasteiger partial charge in [-0.3, -0.25) is 10.1 Å². The zero-order chi connectivity index (χ0) is 17.7. The molecular formula is C16H18FN3O4. The molecule has 0 saturated heterocycles. The van der Waals surface area contributed by atoms with Crippen molar-refractivity contribution in [3.63, 3.8) is 0 Å². The standard InChI is InChI=1S/C16H18FN3O4/c1-3-4-8-24-16(21)14-15(17)18-10-19(14)11(2)12-6-5-7-13(9-12)20(22)23/h5-7,9-11H,3-4,8H2,1-2H3/t11-/m1/s1. The van der Waals surface area contributed by atoms with Gasteiger partial charge in [0.05, 0.1) is 23.9 Å². The molecule has 8 heteroatoms. The Bertz CT molecular complexity index is 745. The van der Waals surface area contributed by atoms with Gasteiger partial charge in [0.2, 0.25) is 5.95 Å². The van der Waals surface area contributed by atoms with Crippen LogP contribution in [0.2, 0.25) is 0 Å². The molecule has 2 rings (SSSR count). The van der Waals surface area contributed by atoms with Gasteiger partial charge in [-0.1, -0.05) is 25.5 Å². The summed E-state index contributed by atoms with van der Waals surface area (Å²) in [7, 11) is 0. The van der Waals surface area contributed by atoms with Crippen LogP contribution < -0.4 is 0 Å². The third-order valence-electron chi connectivity index (χ3n) is 3.65. The molecule has 0 unspecified atom stereocenters. The van der Waals surface area contributed by atoms with Crippen LogP contribution in [0, 0.1) is 16.1 Å². The van der Waals surface area contributed by atoms with E-state index in [0.29, 0.717) is 12.0 Å². The highest BCUT2D eigenvalue weighted by Crippen LogP contribution is 2.24. The van der Waals surface area contributed by atoms with Crippen LogP contribution in [0.15, 0.2) is 30.6 Å². The number of hydrogen-bond donors (Lipinski definition) is 0. The Kier molecular flexibility index (Phi) is 5.62. The lowest BCUT2D eigenvalue weighted by molar-refractivity contribution is -0.384. The highest BCUT2D eigenvalue weighted by Gasteiger charge is 2.24. The van der Waals surface area contributed by atoms with Crippen LogP contribution in [-0.2, 0) is 4.74 Å². The first kappa shape index (κ1) is 17.6. The molecule has 0 saturated carbocycles. The molecule has 0 spiro atoms. The van der Waals surface area contributed by atoms with Gasteiger partial charge < -0.3 is 9.30 Å². The van der Waals surface area contributed by atoms with Crippen molar-refractivity contribution in [1.29, 1.82) is 0 Å². The van der Waals surface area contributed by atoms with Crippen molar-refractivity contribution in [2.45, 2.75) is 32.7 Å². The smallest absolute Gasteiger partial charge is 0.359 e. The Hall–Kier alpha value is -2.77. The number of carbonyl (C=O) groups is 1. The number of nitrogens with zero attached hydrogens (tertiary/aromatic N) is 3. The number of esters is 1. The fraction of sp³-hybridized carbons (Fsp3) is 0.375. The van der Waals surface area contributed by atoms with E-state index in [9.17, 15) is 19.3 Å². The molecule has 0 aliphatic heterocycles. The minimum Gasteiger partial charge on any atom is -0.461 e. The van der Waals surface area contributed by atoms with Crippen molar-refractivity contribution in [3.8, 4) is 0 Å². The Labute approximate surface area is 138 Å². The summed E-state index contributed by atoms with van der Waals surface area (Å²) < 4.78 is 20.3. The van der Waals surface area contributed by atoms with Crippen LogP contribution in [0.3, 0.4) is 0 Å². The monoisotopic (exact) mass is 335 g/mol. The predicted molar refractivity (Wildman–Crippen MR) is 84.3 cm³/mol. The van der Waals surface area contributed by atoms with E-state index in [1.54, 1.807) is 13.0 Å². The summed E-state index contributed by atoms with van der Waals surface area (Å²) in [6.45, 7) is 3.84. The van der Waals surface area contributed by atoms with Gasteiger partial charge in [-0.25, -0.2) is 9.78 Å². The molecule has 1 aromatic carbocycles. The lowest BCUT2D eigenvalue weighted by atomic mass is 10.1. The summed E-state index contributed by atoms with van der Waals surface area (Å²) in [5.74, 6) is -1.72. The number of carbonyl (C=O) groups excluding carboxylic acids is 1. The van der Waals surface area contributed by atoms with Crippen LogP contribution in [0.25, 0.3) is 0 Å². The summed E-state index contributed by atoms with van der Waals surface area (Å²) in [5.41, 5.74) is 0.196. The van der Waals surface area contributed by atoms with Gasteiger partial charge in [0.15, 0.2) is 5.69 Å². The Morgan fingerprint density at radius 3 is 2.92 bits per heavy atom. The van der Waals surface area contributed by atoms with E-state index < -0.39 is 22.9 Å². The number of hydrogen-bond acceptors (Lipinski definition) is 5. The van der Waals surface area contributed by atoms with Crippen molar-refractivity contribution in [2.75, 3.05) is 6.61 Å². The van der Waals surface area contributed by atoms with E-state index in [1.807, 2.05) is 6.92 Å². The average Bonchev–Trinajstić information content (AvgIpc) is 2.96. The number of halogens is 1. The summed E-state index contributed by atoms with van der Waals surface area (Å²) >= 11 is 0. The molecular weight excluding hydrogens is 317 g/mol. The molecule has 2 aromatic rings. The number of aromatic nitrogens is 2. The highest BCUT2D eigenvalue weighted by atomic mass is 19.1. The van der Waals surface area contributed by atoms with Crippen LogP contribution in [0.5, 0.6) is 0 Å². The maximum Gasteiger partial charge on any atom is 0.359 e. The predicted octanol–water partition coefficient (Wildman–Crippen LogP) is 3.50. The van der Waals surface area contributed by atoms with Crippen molar-refractivity contribution < 1.29 is 18.8 Å². The van der Waals surface area contributed by atoms with Gasteiger partial charge in [-0.05, 0) is 18.9 Å². The number of ether oxygens (including phenoxy) is 1.